The normalized spacial score (nSPS) is 14.6. The predicted molar refractivity (Wildman–Crippen MR) is 64.1 cm³/mol. The molecule has 0 aromatic heterocycles. The average Bonchev–Trinajstić information content (AvgIpc) is 2.29. The number of hydrogen-bond acceptors (Lipinski definition) is 1. The molecule has 1 aromatic rings. The molecule has 82 valence electrons. The second-order valence-electron chi connectivity index (χ2n) is 4.37. The summed E-state index contributed by atoms with van der Waals surface area (Å²) in [5.74, 6) is 0.752. The Morgan fingerprint density at radius 1 is 1.20 bits per heavy atom. The van der Waals surface area contributed by atoms with Gasteiger partial charge < -0.3 is 4.79 Å². The molecular formula is C14H20O. The van der Waals surface area contributed by atoms with E-state index >= 15 is 0 Å². The lowest BCUT2D eigenvalue weighted by Crippen LogP contribution is -2.00. The standard InChI is InChI=1S/C14H20O/c1-4-12(3)14-7-5-13(6-8-14)9-11(2)10-15/h5-8,10-12H,4,9H2,1-3H3. The third kappa shape index (κ3) is 3.50. The van der Waals surface area contributed by atoms with Crippen LogP contribution in [0.15, 0.2) is 24.3 Å². The highest BCUT2D eigenvalue weighted by Gasteiger charge is 2.04. The molecule has 1 nitrogen and oxygen atoms in total. The maximum Gasteiger partial charge on any atom is 0.123 e. The zero-order chi connectivity index (χ0) is 11.3. The molecule has 1 rings (SSSR count). The van der Waals surface area contributed by atoms with E-state index in [1.165, 1.54) is 17.5 Å². The summed E-state index contributed by atoms with van der Waals surface area (Å²) in [4.78, 5) is 10.5. The maximum absolute atomic E-state index is 10.5. The Hall–Kier alpha value is -1.11. The Morgan fingerprint density at radius 3 is 2.27 bits per heavy atom. The van der Waals surface area contributed by atoms with Crippen molar-refractivity contribution in [3.05, 3.63) is 35.4 Å². The van der Waals surface area contributed by atoms with Crippen LogP contribution in [0.1, 0.15) is 44.2 Å². The number of hydrogen-bond donors (Lipinski definition) is 0. The summed E-state index contributed by atoms with van der Waals surface area (Å²) >= 11 is 0. The quantitative estimate of drug-likeness (QED) is 0.670. The SMILES string of the molecule is CCC(C)c1ccc(CC(C)C=O)cc1. The van der Waals surface area contributed by atoms with Crippen LogP contribution >= 0.6 is 0 Å². The van der Waals surface area contributed by atoms with Gasteiger partial charge in [-0.15, -0.1) is 0 Å². The first kappa shape index (κ1) is 12.0. The van der Waals surface area contributed by atoms with E-state index in [2.05, 4.69) is 38.1 Å². The Kier molecular flexibility index (Phi) is 4.54. The Bertz CT molecular complexity index is 300. The Morgan fingerprint density at radius 2 is 1.80 bits per heavy atom. The fraction of sp³-hybridized carbons (Fsp3) is 0.500. The third-order valence-corrected chi connectivity index (χ3v) is 2.95. The minimum Gasteiger partial charge on any atom is -0.303 e. The van der Waals surface area contributed by atoms with Crippen molar-refractivity contribution in [3.63, 3.8) is 0 Å². The van der Waals surface area contributed by atoms with Crippen LogP contribution in [0.5, 0.6) is 0 Å². The number of rotatable bonds is 5. The number of aldehydes is 1. The second kappa shape index (κ2) is 5.69. The summed E-state index contributed by atoms with van der Waals surface area (Å²) in [6.45, 7) is 6.39. The summed E-state index contributed by atoms with van der Waals surface area (Å²) in [7, 11) is 0. The van der Waals surface area contributed by atoms with Crippen molar-refractivity contribution in [3.8, 4) is 0 Å². The molecule has 0 aliphatic carbocycles. The van der Waals surface area contributed by atoms with E-state index in [9.17, 15) is 4.79 Å². The monoisotopic (exact) mass is 204 g/mol. The molecule has 0 saturated heterocycles. The van der Waals surface area contributed by atoms with E-state index < -0.39 is 0 Å². The fourth-order valence-electron chi connectivity index (χ4n) is 1.64. The van der Waals surface area contributed by atoms with Crippen molar-refractivity contribution >= 4 is 6.29 Å². The Balaban J connectivity index is 2.67. The number of benzene rings is 1. The van der Waals surface area contributed by atoms with E-state index in [-0.39, 0.29) is 5.92 Å². The summed E-state index contributed by atoms with van der Waals surface area (Å²) < 4.78 is 0. The number of carbonyl (C=O) groups excluding carboxylic acids is 1. The van der Waals surface area contributed by atoms with Crippen molar-refractivity contribution in [2.45, 2.75) is 39.5 Å². The van der Waals surface area contributed by atoms with E-state index in [1.54, 1.807) is 0 Å². The highest BCUT2D eigenvalue weighted by Crippen LogP contribution is 2.19. The molecule has 0 amide bonds. The molecule has 0 saturated carbocycles. The molecule has 0 radical (unpaired) electrons. The van der Waals surface area contributed by atoms with Crippen LogP contribution in [0.2, 0.25) is 0 Å². The van der Waals surface area contributed by atoms with Gasteiger partial charge in [0, 0.05) is 5.92 Å². The van der Waals surface area contributed by atoms with Gasteiger partial charge in [0.25, 0.3) is 0 Å². The van der Waals surface area contributed by atoms with Gasteiger partial charge in [-0.3, -0.25) is 0 Å². The highest BCUT2D eigenvalue weighted by molar-refractivity contribution is 5.53. The van der Waals surface area contributed by atoms with Crippen LogP contribution in [0.25, 0.3) is 0 Å². The lowest BCUT2D eigenvalue weighted by molar-refractivity contribution is -0.110. The van der Waals surface area contributed by atoms with Crippen LogP contribution in [0.3, 0.4) is 0 Å². The van der Waals surface area contributed by atoms with Crippen molar-refractivity contribution in [1.29, 1.82) is 0 Å². The van der Waals surface area contributed by atoms with Gasteiger partial charge in [0.1, 0.15) is 6.29 Å². The first-order valence-corrected chi connectivity index (χ1v) is 5.71. The molecule has 0 heterocycles. The van der Waals surface area contributed by atoms with Gasteiger partial charge in [-0.2, -0.15) is 0 Å². The molecule has 0 spiro atoms. The molecule has 2 unspecified atom stereocenters. The highest BCUT2D eigenvalue weighted by atomic mass is 16.1. The predicted octanol–water partition coefficient (Wildman–Crippen LogP) is 3.58. The zero-order valence-corrected chi connectivity index (χ0v) is 9.86. The van der Waals surface area contributed by atoms with Gasteiger partial charge >= 0.3 is 0 Å². The molecule has 1 aromatic carbocycles. The van der Waals surface area contributed by atoms with Crippen molar-refractivity contribution in [1.82, 2.24) is 0 Å². The molecule has 15 heavy (non-hydrogen) atoms. The van der Waals surface area contributed by atoms with Crippen LogP contribution < -0.4 is 0 Å². The van der Waals surface area contributed by atoms with E-state index in [4.69, 9.17) is 0 Å². The Labute approximate surface area is 92.5 Å². The van der Waals surface area contributed by atoms with E-state index in [0.717, 1.165) is 12.7 Å². The molecule has 1 heteroatoms. The molecule has 0 N–H and O–H groups in total. The molecule has 2 atom stereocenters. The molecular weight excluding hydrogens is 184 g/mol. The van der Waals surface area contributed by atoms with Crippen LogP contribution in [0.4, 0.5) is 0 Å². The fourth-order valence-corrected chi connectivity index (χ4v) is 1.64. The van der Waals surface area contributed by atoms with Gasteiger partial charge in [-0.1, -0.05) is 45.0 Å². The topological polar surface area (TPSA) is 17.1 Å². The largest absolute Gasteiger partial charge is 0.303 e. The van der Waals surface area contributed by atoms with Crippen LogP contribution in [-0.4, -0.2) is 6.29 Å². The van der Waals surface area contributed by atoms with Crippen molar-refractivity contribution < 1.29 is 4.79 Å². The summed E-state index contributed by atoms with van der Waals surface area (Å²) in [6.07, 6.45) is 3.04. The van der Waals surface area contributed by atoms with Crippen LogP contribution in [0, 0.1) is 5.92 Å². The minimum atomic E-state index is 0.124. The summed E-state index contributed by atoms with van der Waals surface area (Å²) in [5.41, 5.74) is 2.64. The van der Waals surface area contributed by atoms with Gasteiger partial charge in [0.05, 0.1) is 0 Å². The maximum atomic E-state index is 10.5. The van der Waals surface area contributed by atoms with Gasteiger partial charge in [-0.25, -0.2) is 0 Å². The first-order chi connectivity index (χ1) is 7.17. The third-order valence-electron chi connectivity index (χ3n) is 2.95. The molecule has 0 aliphatic heterocycles. The molecule has 0 fully saturated rings. The minimum absolute atomic E-state index is 0.124. The van der Waals surface area contributed by atoms with Crippen molar-refractivity contribution in [2.75, 3.05) is 0 Å². The lowest BCUT2D eigenvalue weighted by Gasteiger charge is -2.10. The molecule has 0 bridgehead atoms. The zero-order valence-electron chi connectivity index (χ0n) is 9.86. The number of carbonyl (C=O) groups is 1. The average molecular weight is 204 g/mol. The summed E-state index contributed by atoms with van der Waals surface area (Å²) in [6, 6.07) is 8.64. The van der Waals surface area contributed by atoms with Gasteiger partial charge in [-0.05, 0) is 29.9 Å². The first-order valence-electron chi connectivity index (χ1n) is 5.71. The summed E-state index contributed by atoms with van der Waals surface area (Å²) in [5, 5.41) is 0. The second-order valence-corrected chi connectivity index (χ2v) is 4.37. The smallest absolute Gasteiger partial charge is 0.123 e. The molecule has 0 aliphatic rings. The van der Waals surface area contributed by atoms with Crippen molar-refractivity contribution in [2.24, 2.45) is 5.92 Å². The van der Waals surface area contributed by atoms with Gasteiger partial charge in [0.15, 0.2) is 0 Å². The van der Waals surface area contributed by atoms with Crippen LogP contribution in [-0.2, 0) is 11.2 Å². The van der Waals surface area contributed by atoms with E-state index in [1.807, 2.05) is 6.92 Å². The van der Waals surface area contributed by atoms with Gasteiger partial charge in [0.2, 0.25) is 0 Å². The lowest BCUT2D eigenvalue weighted by atomic mass is 9.95. The van der Waals surface area contributed by atoms with E-state index in [0.29, 0.717) is 5.92 Å².